The molecular weight excluding hydrogens is 190 g/mol. The van der Waals surface area contributed by atoms with Crippen molar-refractivity contribution in [2.45, 2.75) is 58.4 Å². The van der Waals surface area contributed by atoms with Crippen LogP contribution in [0.15, 0.2) is 0 Å². The summed E-state index contributed by atoms with van der Waals surface area (Å²) in [4.78, 5) is 0. The summed E-state index contributed by atoms with van der Waals surface area (Å²) < 4.78 is 0. The van der Waals surface area contributed by atoms with Gasteiger partial charge in [0.25, 0.3) is 0 Å². The summed E-state index contributed by atoms with van der Waals surface area (Å²) in [7, 11) is 0. The predicted octanol–water partition coefficient (Wildman–Crippen LogP) is 3.69. The summed E-state index contributed by atoms with van der Waals surface area (Å²) in [5, 5.41) is 3.63. The number of hydrogen-bond donors (Lipinski definition) is 1. The van der Waals surface area contributed by atoms with Crippen molar-refractivity contribution in [3.63, 3.8) is 0 Å². The number of hydrogen-bond acceptors (Lipinski definition) is 2. The van der Waals surface area contributed by atoms with Crippen LogP contribution >= 0.6 is 11.8 Å². The van der Waals surface area contributed by atoms with E-state index in [-0.39, 0.29) is 0 Å². The van der Waals surface area contributed by atoms with E-state index < -0.39 is 0 Å². The number of unbranched alkanes of at least 4 members (excludes halogenated alkanes) is 4. The van der Waals surface area contributed by atoms with Crippen LogP contribution in [-0.2, 0) is 0 Å². The molecule has 0 aliphatic heterocycles. The Hall–Kier alpha value is 0.310. The van der Waals surface area contributed by atoms with Gasteiger partial charge in [-0.15, -0.1) is 0 Å². The molecule has 14 heavy (non-hydrogen) atoms. The maximum absolute atomic E-state index is 3.63. The normalized spacial score (nSPS) is 13.1. The van der Waals surface area contributed by atoms with E-state index in [1.54, 1.807) is 0 Å². The highest BCUT2D eigenvalue weighted by Gasteiger charge is 2.02. The summed E-state index contributed by atoms with van der Waals surface area (Å²) >= 11 is 1.94. The van der Waals surface area contributed by atoms with Gasteiger partial charge in [0, 0.05) is 11.8 Å². The Morgan fingerprint density at radius 1 is 1.07 bits per heavy atom. The maximum Gasteiger partial charge on any atom is 0.0155 e. The van der Waals surface area contributed by atoms with E-state index in [0.717, 1.165) is 6.04 Å². The van der Waals surface area contributed by atoms with E-state index in [1.165, 1.54) is 50.8 Å². The van der Waals surface area contributed by atoms with Gasteiger partial charge in [0.05, 0.1) is 0 Å². The Bertz CT molecular complexity index is 106. The molecule has 0 fully saturated rings. The number of rotatable bonds is 10. The molecule has 0 aromatic carbocycles. The first kappa shape index (κ1) is 14.3. The summed E-state index contributed by atoms with van der Waals surface area (Å²) in [5.41, 5.74) is 0. The molecule has 0 radical (unpaired) electrons. The summed E-state index contributed by atoms with van der Waals surface area (Å²) in [6.07, 6.45) is 10.4. The fraction of sp³-hybridized carbons (Fsp3) is 1.00. The Balaban J connectivity index is 3.15. The van der Waals surface area contributed by atoms with Crippen LogP contribution < -0.4 is 5.32 Å². The van der Waals surface area contributed by atoms with Crippen LogP contribution in [0.2, 0.25) is 0 Å². The molecule has 0 saturated heterocycles. The lowest BCUT2D eigenvalue weighted by molar-refractivity contribution is 0.512. The molecule has 1 nitrogen and oxygen atoms in total. The highest BCUT2D eigenvalue weighted by molar-refractivity contribution is 7.98. The summed E-state index contributed by atoms with van der Waals surface area (Å²) in [6.45, 7) is 5.75. The molecule has 0 heterocycles. The van der Waals surface area contributed by atoms with Crippen molar-refractivity contribution in [2.24, 2.45) is 0 Å². The lowest BCUT2D eigenvalue weighted by Crippen LogP contribution is -2.31. The van der Waals surface area contributed by atoms with E-state index in [9.17, 15) is 0 Å². The van der Waals surface area contributed by atoms with Crippen LogP contribution in [0.3, 0.4) is 0 Å². The van der Waals surface area contributed by atoms with E-state index in [0.29, 0.717) is 0 Å². The van der Waals surface area contributed by atoms with E-state index in [4.69, 9.17) is 0 Å². The fourth-order valence-electron chi connectivity index (χ4n) is 1.56. The molecule has 2 heteroatoms. The van der Waals surface area contributed by atoms with Crippen LogP contribution in [0.5, 0.6) is 0 Å². The van der Waals surface area contributed by atoms with Crippen molar-refractivity contribution >= 4 is 11.8 Å². The van der Waals surface area contributed by atoms with Gasteiger partial charge in [0.2, 0.25) is 0 Å². The quantitative estimate of drug-likeness (QED) is 0.560. The van der Waals surface area contributed by atoms with Crippen molar-refractivity contribution in [3.8, 4) is 0 Å². The van der Waals surface area contributed by atoms with Gasteiger partial charge in [0.15, 0.2) is 0 Å². The number of thioether (sulfide) groups is 1. The standard InChI is InChI=1S/C12H27NS/c1-4-6-7-8-9-10-13-12(5-2)11-14-3/h12-13H,4-11H2,1-3H3. The molecule has 0 aromatic rings. The topological polar surface area (TPSA) is 12.0 Å². The Morgan fingerprint density at radius 3 is 2.36 bits per heavy atom. The molecule has 0 aliphatic rings. The van der Waals surface area contributed by atoms with Crippen LogP contribution in [-0.4, -0.2) is 24.6 Å². The van der Waals surface area contributed by atoms with E-state index in [1.807, 2.05) is 11.8 Å². The van der Waals surface area contributed by atoms with Gasteiger partial charge in [0.1, 0.15) is 0 Å². The van der Waals surface area contributed by atoms with Crippen molar-refractivity contribution in [2.75, 3.05) is 18.6 Å². The summed E-state index contributed by atoms with van der Waals surface area (Å²) in [6, 6.07) is 0.733. The fourth-order valence-corrected chi connectivity index (χ4v) is 2.31. The zero-order chi connectivity index (χ0) is 10.6. The Morgan fingerprint density at radius 2 is 1.79 bits per heavy atom. The smallest absolute Gasteiger partial charge is 0.0155 e. The zero-order valence-electron chi connectivity index (χ0n) is 10.1. The van der Waals surface area contributed by atoms with E-state index in [2.05, 4.69) is 25.4 Å². The molecule has 1 atom stereocenters. The average Bonchev–Trinajstić information content (AvgIpc) is 2.21. The van der Waals surface area contributed by atoms with Crippen molar-refractivity contribution in [3.05, 3.63) is 0 Å². The SMILES string of the molecule is CCCCCCCNC(CC)CSC. The highest BCUT2D eigenvalue weighted by Crippen LogP contribution is 2.03. The van der Waals surface area contributed by atoms with Crippen molar-refractivity contribution < 1.29 is 0 Å². The van der Waals surface area contributed by atoms with Gasteiger partial charge in [-0.2, -0.15) is 11.8 Å². The molecule has 0 aromatic heterocycles. The molecule has 0 aliphatic carbocycles. The molecule has 0 rings (SSSR count). The molecule has 0 spiro atoms. The third-order valence-electron chi connectivity index (χ3n) is 2.57. The van der Waals surface area contributed by atoms with Crippen LogP contribution in [0.1, 0.15) is 52.4 Å². The minimum atomic E-state index is 0.733. The molecule has 0 amide bonds. The third-order valence-corrected chi connectivity index (χ3v) is 3.31. The Kier molecular flexibility index (Phi) is 11.6. The van der Waals surface area contributed by atoms with Gasteiger partial charge in [-0.1, -0.05) is 39.5 Å². The third kappa shape index (κ3) is 8.89. The first-order valence-corrected chi connectivity index (χ1v) is 7.46. The van der Waals surface area contributed by atoms with Crippen molar-refractivity contribution in [1.29, 1.82) is 0 Å². The highest BCUT2D eigenvalue weighted by atomic mass is 32.2. The number of nitrogens with one attached hydrogen (secondary N) is 1. The summed E-state index contributed by atoms with van der Waals surface area (Å²) in [5.74, 6) is 1.26. The second-order valence-electron chi connectivity index (χ2n) is 3.93. The molecular formula is C12H27NS. The lowest BCUT2D eigenvalue weighted by Gasteiger charge is -2.15. The predicted molar refractivity (Wildman–Crippen MR) is 69.2 cm³/mol. The maximum atomic E-state index is 3.63. The second kappa shape index (κ2) is 11.4. The largest absolute Gasteiger partial charge is 0.313 e. The Labute approximate surface area is 94.4 Å². The van der Waals surface area contributed by atoms with Crippen molar-refractivity contribution in [1.82, 2.24) is 5.32 Å². The molecule has 1 N–H and O–H groups in total. The minimum Gasteiger partial charge on any atom is -0.313 e. The van der Waals surface area contributed by atoms with Gasteiger partial charge < -0.3 is 5.32 Å². The lowest BCUT2D eigenvalue weighted by atomic mass is 10.1. The van der Waals surface area contributed by atoms with Crippen LogP contribution in [0.4, 0.5) is 0 Å². The van der Waals surface area contributed by atoms with E-state index >= 15 is 0 Å². The molecule has 1 unspecified atom stereocenters. The average molecular weight is 217 g/mol. The van der Waals surface area contributed by atoms with Crippen LogP contribution in [0.25, 0.3) is 0 Å². The second-order valence-corrected chi connectivity index (χ2v) is 4.84. The monoisotopic (exact) mass is 217 g/mol. The van der Waals surface area contributed by atoms with Gasteiger partial charge in [-0.05, 0) is 25.6 Å². The molecule has 0 saturated carbocycles. The zero-order valence-corrected chi connectivity index (χ0v) is 11.0. The first-order chi connectivity index (χ1) is 6.85. The van der Waals surface area contributed by atoms with Gasteiger partial charge in [-0.25, -0.2) is 0 Å². The molecule has 0 bridgehead atoms. The minimum absolute atomic E-state index is 0.733. The first-order valence-electron chi connectivity index (χ1n) is 6.07. The molecule has 86 valence electrons. The van der Waals surface area contributed by atoms with Gasteiger partial charge >= 0.3 is 0 Å². The van der Waals surface area contributed by atoms with Gasteiger partial charge in [-0.3, -0.25) is 0 Å². The van der Waals surface area contributed by atoms with Crippen LogP contribution in [0, 0.1) is 0 Å².